The van der Waals surface area contributed by atoms with Gasteiger partial charge in [-0.2, -0.15) is 5.26 Å². The summed E-state index contributed by atoms with van der Waals surface area (Å²) >= 11 is 1.32. The third kappa shape index (κ3) is 4.85. The average molecular weight is 458 g/mol. The summed E-state index contributed by atoms with van der Waals surface area (Å²) in [5.41, 5.74) is 2.09. The number of amides is 2. The van der Waals surface area contributed by atoms with Crippen molar-refractivity contribution < 1.29 is 29.0 Å². The molecular weight excluding hydrogens is 434 g/mol. The van der Waals surface area contributed by atoms with E-state index in [1.807, 2.05) is 0 Å². The molecule has 3 heterocycles. The fourth-order valence-electron chi connectivity index (χ4n) is 3.86. The molecule has 1 aliphatic heterocycles. The van der Waals surface area contributed by atoms with Gasteiger partial charge < -0.3 is 29.6 Å². The zero-order valence-corrected chi connectivity index (χ0v) is 18.0. The van der Waals surface area contributed by atoms with Gasteiger partial charge in [-0.1, -0.05) is 0 Å². The minimum absolute atomic E-state index is 0.0398. The van der Waals surface area contributed by atoms with Gasteiger partial charge in [0.2, 0.25) is 5.91 Å². The number of hydrogen-bond donors (Lipinski definition) is 3. The number of likely N-dealkylation sites (tertiary alicyclic amines) is 1. The summed E-state index contributed by atoms with van der Waals surface area (Å²) < 4.78 is 10.6. The van der Waals surface area contributed by atoms with Crippen molar-refractivity contribution in [3.8, 4) is 6.07 Å². The highest BCUT2D eigenvalue weighted by molar-refractivity contribution is 7.16. The van der Waals surface area contributed by atoms with Crippen LogP contribution in [0.15, 0.2) is 29.1 Å². The van der Waals surface area contributed by atoms with Crippen LogP contribution in [0.1, 0.15) is 34.4 Å². The van der Waals surface area contributed by atoms with E-state index in [1.165, 1.54) is 34.8 Å². The number of nitriles is 1. The van der Waals surface area contributed by atoms with Crippen molar-refractivity contribution in [3.63, 3.8) is 0 Å². The monoisotopic (exact) mass is 457 g/mol. The maximum Gasteiger partial charge on any atom is 0.410 e. The van der Waals surface area contributed by atoms with E-state index in [1.54, 1.807) is 12.1 Å². The fourth-order valence-corrected chi connectivity index (χ4v) is 5.13. The van der Waals surface area contributed by atoms with Gasteiger partial charge in [-0.05, 0) is 37.0 Å². The van der Waals surface area contributed by atoms with Crippen LogP contribution < -0.4 is 5.32 Å². The Kier molecular flexibility index (Phi) is 6.60. The highest BCUT2D eigenvalue weighted by atomic mass is 32.1. The first kappa shape index (κ1) is 22.1. The quantitative estimate of drug-likeness (QED) is 0.599. The number of fused-ring (bicyclic) bond motifs is 1. The van der Waals surface area contributed by atoms with Gasteiger partial charge in [0.05, 0.1) is 36.8 Å². The Morgan fingerprint density at radius 1 is 1.34 bits per heavy atom. The first-order chi connectivity index (χ1) is 15.4. The molecule has 2 aliphatic rings. The molecule has 9 nitrogen and oxygen atoms in total. The van der Waals surface area contributed by atoms with Crippen LogP contribution in [0.3, 0.4) is 0 Å². The van der Waals surface area contributed by atoms with E-state index in [0.717, 1.165) is 16.0 Å². The van der Waals surface area contributed by atoms with Gasteiger partial charge in [-0.15, -0.1) is 11.3 Å². The molecule has 0 aromatic carbocycles. The number of carbonyl (C=O) groups is 2. The maximum atomic E-state index is 12.5. The molecule has 3 unspecified atom stereocenters. The lowest BCUT2D eigenvalue weighted by molar-refractivity contribution is -0.111. The molecular formula is C22H23N3O6S. The van der Waals surface area contributed by atoms with Crippen LogP contribution in [0.2, 0.25) is 0 Å². The van der Waals surface area contributed by atoms with Crippen LogP contribution in [0.5, 0.6) is 0 Å². The van der Waals surface area contributed by atoms with E-state index < -0.39 is 18.3 Å². The lowest BCUT2D eigenvalue weighted by atomic mass is 9.94. The number of nitrogens with one attached hydrogen (secondary N) is 1. The summed E-state index contributed by atoms with van der Waals surface area (Å²) in [6.07, 6.45) is 5.25. The molecule has 10 heteroatoms. The van der Waals surface area contributed by atoms with Gasteiger partial charge in [0.15, 0.2) is 0 Å². The Labute approximate surface area is 188 Å². The number of nitrogens with zero attached hydrogens (tertiary/aromatic N) is 2. The molecule has 1 aliphatic carbocycles. The summed E-state index contributed by atoms with van der Waals surface area (Å²) in [6.45, 7) is 0.368. The van der Waals surface area contributed by atoms with E-state index in [2.05, 4.69) is 11.4 Å². The number of aliphatic hydroxyl groups excluding tert-OH is 2. The summed E-state index contributed by atoms with van der Waals surface area (Å²) in [4.78, 5) is 27.1. The molecule has 1 fully saturated rings. The zero-order valence-electron chi connectivity index (χ0n) is 17.2. The van der Waals surface area contributed by atoms with E-state index >= 15 is 0 Å². The van der Waals surface area contributed by atoms with Crippen molar-refractivity contribution in [2.75, 3.05) is 18.4 Å². The second-order valence-corrected chi connectivity index (χ2v) is 8.92. The van der Waals surface area contributed by atoms with Gasteiger partial charge in [0.1, 0.15) is 17.2 Å². The lowest BCUT2D eigenvalue weighted by Gasteiger charge is -2.34. The highest BCUT2D eigenvalue weighted by Crippen LogP contribution is 2.38. The van der Waals surface area contributed by atoms with Crippen LogP contribution in [0.4, 0.5) is 9.80 Å². The van der Waals surface area contributed by atoms with Gasteiger partial charge in [0, 0.05) is 29.5 Å². The van der Waals surface area contributed by atoms with Crippen molar-refractivity contribution in [3.05, 3.63) is 46.2 Å². The van der Waals surface area contributed by atoms with Crippen molar-refractivity contribution in [1.82, 2.24) is 4.90 Å². The Bertz CT molecular complexity index is 1050. The highest BCUT2D eigenvalue weighted by Gasteiger charge is 2.33. The number of thiophene rings is 1. The van der Waals surface area contributed by atoms with Gasteiger partial charge in [-0.3, -0.25) is 4.79 Å². The van der Waals surface area contributed by atoms with Crippen molar-refractivity contribution >= 4 is 34.4 Å². The number of carbonyl (C=O) groups excluding carboxylic acids is 2. The summed E-state index contributed by atoms with van der Waals surface area (Å²) in [5.74, 6) is -0.352. The molecule has 168 valence electrons. The predicted octanol–water partition coefficient (Wildman–Crippen LogP) is 2.29. The van der Waals surface area contributed by atoms with E-state index in [0.29, 0.717) is 42.8 Å². The SMILES string of the molecule is N#Cc1c(NC(=O)/C=C/c2ccoc2)sc2c1CCC(OC(=O)N1CCC(O)C(O)C1)C2. The molecule has 1 saturated heterocycles. The van der Waals surface area contributed by atoms with Crippen molar-refractivity contribution in [2.45, 2.75) is 44.0 Å². The first-order valence-electron chi connectivity index (χ1n) is 10.3. The average Bonchev–Trinajstić information content (AvgIpc) is 3.41. The molecule has 3 atom stereocenters. The largest absolute Gasteiger partial charge is 0.472 e. The molecule has 3 N–H and O–H groups in total. The molecule has 32 heavy (non-hydrogen) atoms. The predicted molar refractivity (Wildman–Crippen MR) is 116 cm³/mol. The smallest absolute Gasteiger partial charge is 0.410 e. The minimum Gasteiger partial charge on any atom is -0.472 e. The molecule has 4 rings (SSSR count). The van der Waals surface area contributed by atoms with Crippen molar-refractivity contribution in [1.29, 1.82) is 5.26 Å². The minimum atomic E-state index is -0.974. The number of anilines is 1. The Morgan fingerprint density at radius 3 is 2.91 bits per heavy atom. The number of rotatable bonds is 4. The number of β-amino-alcohol motifs (C(OH)–C–C–N with tert-alkyl or cyclic N) is 1. The lowest BCUT2D eigenvalue weighted by Crippen LogP contribution is -2.49. The summed E-state index contributed by atoms with van der Waals surface area (Å²) in [7, 11) is 0. The maximum absolute atomic E-state index is 12.5. The Morgan fingerprint density at radius 2 is 2.19 bits per heavy atom. The van der Waals surface area contributed by atoms with Crippen LogP contribution in [0.25, 0.3) is 6.08 Å². The first-order valence-corrected chi connectivity index (χ1v) is 11.1. The Balaban J connectivity index is 1.39. The summed E-state index contributed by atoms with van der Waals surface area (Å²) in [5, 5.41) is 32.3. The molecule has 0 saturated carbocycles. The number of piperidine rings is 1. The zero-order chi connectivity index (χ0) is 22.7. The standard InChI is InChI=1S/C22H23N3O6S/c23-10-16-15-3-2-14(31-22(29)25-7-5-17(26)18(27)11-25)9-19(15)32-21(16)24-20(28)4-1-13-6-8-30-12-13/h1,4,6,8,12,14,17-18,26-27H,2-3,5,7,9,11H2,(H,24,28)/b4-1+. The second kappa shape index (κ2) is 9.56. The molecule has 0 radical (unpaired) electrons. The molecule has 2 aromatic heterocycles. The molecule has 2 aromatic rings. The van der Waals surface area contributed by atoms with Gasteiger partial charge in [0.25, 0.3) is 0 Å². The third-order valence-corrected chi connectivity index (χ3v) is 6.78. The van der Waals surface area contributed by atoms with Crippen LogP contribution >= 0.6 is 11.3 Å². The number of hydrogen-bond acceptors (Lipinski definition) is 8. The molecule has 2 amide bonds. The Hall–Kier alpha value is -3.13. The fraction of sp³-hybridized carbons (Fsp3) is 0.409. The van der Waals surface area contributed by atoms with Crippen LogP contribution in [-0.2, 0) is 22.4 Å². The van der Waals surface area contributed by atoms with Gasteiger partial charge >= 0.3 is 6.09 Å². The third-order valence-electron chi connectivity index (χ3n) is 5.61. The summed E-state index contributed by atoms with van der Waals surface area (Å²) in [6, 6.07) is 3.91. The van der Waals surface area contributed by atoms with Crippen molar-refractivity contribution in [2.24, 2.45) is 0 Å². The van der Waals surface area contributed by atoms with E-state index in [9.17, 15) is 25.1 Å². The van der Waals surface area contributed by atoms with Crippen LogP contribution in [-0.4, -0.2) is 58.5 Å². The van der Waals surface area contributed by atoms with E-state index in [-0.39, 0.29) is 18.6 Å². The molecule has 0 spiro atoms. The van der Waals surface area contributed by atoms with Gasteiger partial charge in [-0.25, -0.2) is 4.79 Å². The molecule has 0 bridgehead atoms. The number of aliphatic hydroxyl groups is 2. The normalized spacial score (nSPS) is 22.9. The number of ether oxygens (including phenoxy) is 1. The second-order valence-electron chi connectivity index (χ2n) is 7.82. The topological polar surface area (TPSA) is 136 Å². The van der Waals surface area contributed by atoms with Crippen LogP contribution in [0, 0.1) is 11.3 Å². The number of furan rings is 1. The van der Waals surface area contributed by atoms with E-state index in [4.69, 9.17) is 9.15 Å².